The molecule has 1 fully saturated rings. The van der Waals surface area contributed by atoms with Crippen LogP contribution in [0.3, 0.4) is 0 Å². The third-order valence-electron chi connectivity index (χ3n) is 17.8. The number of thioether (sulfide) groups is 1. The van der Waals surface area contributed by atoms with Crippen LogP contribution >= 0.6 is 11.8 Å². The third-order valence-corrected chi connectivity index (χ3v) is 18.9. The van der Waals surface area contributed by atoms with Gasteiger partial charge in [0.1, 0.15) is 42.6 Å². The second kappa shape index (κ2) is 41.3. The van der Waals surface area contributed by atoms with Crippen molar-refractivity contribution in [3.8, 4) is 5.75 Å². The van der Waals surface area contributed by atoms with Crippen molar-refractivity contribution in [2.24, 2.45) is 34.4 Å². The zero-order valence-corrected chi connectivity index (χ0v) is 59.6. The molecular formula is C70H107N13O14S. The molecule has 3 aliphatic heterocycles. The van der Waals surface area contributed by atoms with Crippen LogP contribution in [-0.4, -0.2) is 184 Å². The van der Waals surface area contributed by atoms with Crippen LogP contribution in [0.15, 0.2) is 65.7 Å². The van der Waals surface area contributed by atoms with Crippen LogP contribution < -0.4 is 48.5 Å². The summed E-state index contributed by atoms with van der Waals surface area (Å²) in [4.78, 5) is 155. The van der Waals surface area contributed by atoms with Crippen molar-refractivity contribution >= 4 is 87.8 Å². The lowest BCUT2D eigenvalue weighted by Crippen LogP contribution is -2.59. The van der Waals surface area contributed by atoms with Crippen molar-refractivity contribution in [2.75, 3.05) is 50.9 Å². The number of likely N-dealkylation sites (N-methyl/N-ethyl adjacent to an activating group) is 1. The van der Waals surface area contributed by atoms with Crippen molar-refractivity contribution in [3.05, 3.63) is 71.8 Å². The molecule has 3 aliphatic rings. The number of phenols is 1. The van der Waals surface area contributed by atoms with Crippen molar-refractivity contribution in [1.29, 1.82) is 0 Å². The number of imide groups is 1. The Morgan fingerprint density at radius 1 is 0.755 bits per heavy atom. The standard InChI is InChI=1S/C70H107N13O14S/c1-11-34-82(68(93)61(45(8)13-3)78-65(91)54-21-16-18-35-81(54)10)55(43(4)5)40-56(96-37-12-2)67-76-53(42-98-67)64(90)74-50(39-47-25-29-51(84)30-26-47)38-46(9)62(88)79-80-70(95)97-41-48-23-27-49(28-24-48)73-63(89)52(20-19-33-72-69(71)94)75-66(92)60(44(6)7)77-57(85)22-15-14-17-36-83-58(86)31-32-59(83)87/h23-32,43-46,50,52-56,60-61,84H,11-22,33-42H2,1-10H3,(H,73,89)(H,74,90)(H,75,92)(H,77,85)(H,78,91)(H,79,88)(H,80,95)(H3,71,72,94)/t45-,46-,50+,52+,53?,54+,55+,56+,60+,61-/m0/s1. The number of aliphatic imine (C=N–C) groups is 1. The molecule has 10 atom stereocenters. The summed E-state index contributed by atoms with van der Waals surface area (Å²) in [6.45, 7) is 19.2. The first-order chi connectivity index (χ1) is 46.7. The number of hydrazine groups is 1. The van der Waals surface area contributed by atoms with E-state index in [4.69, 9.17) is 20.2 Å². The number of nitrogens with one attached hydrogen (secondary N) is 8. The lowest BCUT2D eigenvalue weighted by Gasteiger charge is -2.40. The Morgan fingerprint density at radius 2 is 1.45 bits per heavy atom. The van der Waals surface area contributed by atoms with E-state index in [2.05, 4.69) is 61.5 Å². The molecule has 98 heavy (non-hydrogen) atoms. The summed E-state index contributed by atoms with van der Waals surface area (Å²) >= 11 is 1.44. The predicted molar refractivity (Wildman–Crippen MR) is 375 cm³/mol. The molecule has 27 nitrogen and oxygen atoms in total. The van der Waals surface area contributed by atoms with Crippen LogP contribution in [0.4, 0.5) is 15.3 Å². The van der Waals surface area contributed by atoms with Gasteiger partial charge in [0.15, 0.2) is 0 Å². The van der Waals surface area contributed by atoms with Gasteiger partial charge in [-0.3, -0.25) is 63.4 Å². The molecule has 2 aromatic carbocycles. The van der Waals surface area contributed by atoms with Gasteiger partial charge in [0.25, 0.3) is 11.8 Å². The summed E-state index contributed by atoms with van der Waals surface area (Å²) in [6.07, 6.45) is 8.56. The van der Waals surface area contributed by atoms with Gasteiger partial charge in [-0.25, -0.2) is 15.0 Å². The SMILES string of the molecule is CCCO[C@H](C[C@H](C(C)C)N(CCC)C(=O)[C@@H](NC(=O)[C@H]1CCCCN1C)[C@@H](C)CC)C1=NC(C(=O)N[C@@H](Cc2ccc(O)cc2)C[C@H](C)C(=O)NNC(=O)OCc2ccc(NC(=O)[C@@H](CCCNC(N)=O)NC(=O)[C@H](NC(=O)CCCCCN3C(=O)C=CC3=O)C(C)C)cc2)CS1. The first-order valence-corrected chi connectivity index (χ1v) is 35.7. The highest BCUT2D eigenvalue weighted by atomic mass is 32.2. The number of carbonyl (C=O) groups is 11. The molecule has 0 aliphatic carbocycles. The lowest BCUT2D eigenvalue weighted by molar-refractivity contribution is -0.142. The Labute approximate surface area is 581 Å². The monoisotopic (exact) mass is 1390 g/mol. The van der Waals surface area contributed by atoms with Gasteiger partial charge >= 0.3 is 12.1 Å². The number of nitrogens with zero attached hydrogens (tertiary/aromatic N) is 4. The molecule has 0 aromatic heterocycles. The van der Waals surface area contributed by atoms with Crippen LogP contribution in [0.25, 0.3) is 0 Å². The number of primary amides is 1. The van der Waals surface area contributed by atoms with E-state index in [1.165, 1.54) is 36.0 Å². The van der Waals surface area contributed by atoms with E-state index in [0.29, 0.717) is 80.1 Å². The maximum atomic E-state index is 14.9. The van der Waals surface area contributed by atoms with Gasteiger partial charge in [0.2, 0.25) is 41.4 Å². The van der Waals surface area contributed by atoms with Crippen LogP contribution in [0.2, 0.25) is 0 Å². The zero-order chi connectivity index (χ0) is 72.0. The van der Waals surface area contributed by atoms with Gasteiger partial charge in [-0.05, 0) is 131 Å². The molecule has 542 valence electrons. The van der Waals surface area contributed by atoms with Crippen LogP contribution in [0, 0.1) is 23.7 Å². The molecule has 0 saturated carbocycles. The van der Waals surface area contributed by atoms with Crippen LogP contribution in [0.5, 0.6) is 5.75 Å². The normalized spacial score (nSPS) is 17.9. The molecule has 1 saturated heterocycles. The fraction of sp³-hybridized carbons (Fsp3) is 0.629. The summed E-state index contributed by atoms with van der Waals surface area (Å²) in [5.41, 5.74) is 11.6. The number of piperidine rings is 1. The number of unbranched alkanes of at least 4 members (excludes halogenated alkanes) is 2. The van der Waals surface area contributed by atoms with E-state index in [1.54, 1.807) is 57.2 Å². The minimum absolute atomic E-state index is 0.00147. The number of likely N-dealkylation sites (tertiary alicyclic amines) is 1. The minimum Gasteiger partial charge on any atom is -0.508 e. The summed E-state index contributed by atoms with van der Waals surface area (Å²) in [6, 6.07) is 7.28. The Kier molecular flexibility index (Phi) is 34.0. The smallest absolute Gasteiger partial charge is 0.426 e. The molecule has 0 spiro atoms. The number of ether oxygens (including phenoxy) is 2. The van der Waals surface area contributed by atoms with Gasteiger partial charge in [0, 0.05) is 80.7 Å². The molecule has 0 radical (unpaired) electrons. The Hall–Kier alpha value is -8.11. The average Bonchev–Trinajstić information content (AvgIpc) is 1.13. The summed E-state index contributed by atoms with van der Waals surface area (Å²) in [7, 11) is 1.96. The van der Waals surface area contributed by atoms with Gasteiger partial charge < -0.3 is 57.1 Å². The maximum absolute atomic E-state index is 14.9. The highest BCUT2D eigenvalue weighted by Crippen LogP contribution is 2.30. The number of rotatable bonds is 40. The molecular weight excluding hydrogens is 1280 g/mol. The Balaban J connectivity index is 1.16. The predicted octanol–water partition coefficient (Wildman–Crippen LogP) is 5.88. The van der Waals surface area contributed by atoms with Gasteiger partial charge in [-0.2, -0.15) is 0 Å². The molecule has 5 rings (SSSR count). The first-order valence-electron chi connectivity index (χ1n) is 34.7. The lowest BCUT2D eigenvalue weighted by atomic mass is 9.92. The third kappa shape index (κ3) is 26.3. The number of amides is 12. The van der Waals surface area contributed by atoms with Crippen molar-refractivity contribution < 1.29 is 67.3 Å². The number of nitrogens with two attached hydrogens (primary N) is 1. The topological polar surface area (TPSA) is 371 Å². The number of benzene rings is 2. The fourth-order valence-electron chi connectivity index (χ4n) is 11.9. The van der Waals surface area contributed by atoms with E-state index >= 15 is 0 Å². The van der Waals surface area contributed by atoms with Gasteiger partial charge in [-0.1, -0.05) is 106 Å². The number of anilines is 1. The Morgan fingerprint density at radius 3 is 2.08 bits per heavy atom. The quantitative estimate of drug-likeness (QED) is 0.0212. The van der Waals surface area contributed by atoms with Crippen LogP contribution in [0.1, 0.15) is 163 Å². The molecule has 1 unspecified atom stereocenters. The number of carbonyl (C=O) groups excluding carboxylic acids is 11. The number of phenolic OH excluding ortho intramolecular Hbond substituents is 1. The fourth-order valence-corrected chi connectivity index (χ4v) is 13.0. The zero-order valence-electron chi connectivity index (χ0n) is 58.8. The summed E-state index contributed by atoms with van der Waals surface area (Å²) < 4.78 is 11.9. The molecule has 11 N–H and O–H groups in total. The average molecular weight is 1390 g/mol. The number of aromatic hydroxyl groups is 1. The van der Waals surface area contributed by atoms with Crippen molar-refractivity contribution in [1.82, 2.24) is 52.1 Å². The van der Waals surface area contributed by atoms with Gasteiger partial charge in [0.05, 0.1) is 11.1 Å². The van der Waals surface area contributed by atoms with E-state index in [1.807, 2.05) is 39.6 Å². The second-order valence-corrected chi connectivity index (χ2v) is 27.5. The summed E-state index contributed by atoms with van der Waals surface area (Å²) in [5, 5.41) is 27.8. The summed E-state index contributed by atoms with van der Waals surface area (Å²) in [5.74, 6) is -4.35. The number of hydrogen-bond acceptors (Lipinski definition) is 17. The number of hydrogen-bond donors (Lipinski definition) is 10. The van der Waals surface area contributed by atoms with Crippen molar-refractivity contribution in [3.63, 3.8) is 0 Å². The van der Waals surface area contributed by atoms with Gasteiger partial charge in [-0.15, -0.1) is 11.8 Å². The highest BCUT2D eigenvalue weighted by Gasteiger charge is 2.40. The maximum Gasteiger partial charge on any atom is 0.426 e. The second-order valence-electron chi connectivity index (χ2n) is 26.4. The molecule has 2 aromatic rings. The molecule has 0 bridgehead atoms. The minimum atomic E-state index is -1.11. The van der Waals surface area contributed by atoms with E-state index in [9.17, 15) is 57.8 Å². The van der Waals surface area contributed by atoms with E-state index in [-0.39, 0.29) is 116 Å². The molecule has 3 heterocycles. The van der Waals surface area contributed by atoms with Crippen LogP contribution in [-0.2, 0) is 65.7 Å². The molecule has 12 amide bonds. The van der Waals surface area contributed by atoms with E-state index < -0.39 is 72.1 Å². The van der Waals surface area contributed by atoms with E-state index in [0.717, 1.165) is 42.7 Å². The first kappa shape index (κ1) is 80.6. The van der Waals surface area contributed by atoms with Crippen molar-refractivity contribution in [2.45, 2.75) is 214 Å². The number of urea groups is 1. The highest BCUT2D eigenvalue weighted by molar-refractivity contribution is 8.14. The molecule has 28 heteroatoms. The Bertz CT molecular complexity index is 3040. The largest absolute Gasteiger partial charge is 0.508 e.